The summed E-state index contributed by atoms with van der Waals surface area (Å²) < 4.78 is 28.5. The van der Waals surface area contributed by atoms with Gasteiger partial charge in [-0.25, -0.2) is 13.4 Å². The Bertz CT molecular complexity index is 892. The second-order valence-corrected chi connectivity index (χ2v) is 7.93. The fourth-order valence-corrected chi connectivity index (χ4v) is 4.30. The molecule has 0 aliphatic carbocycles. The number of guanidine groups is 1. The molecule has 0 fully saturated rings. The third kappa shape index (κ3) is 3.96. The standard InChI is InChI=1S/C16H23N7O2S/c1-17-16(19-11-15-20-12-21-22(15)2)18-8-10-26(24,25)23-9-7-13-5-3-4-6-14(13)23/h3-6,12H,7-11H2,1-2H3,(H2,17,18,19). The molecule has 140 valence electrons. The van der Waals surface area contributed by atoms with Crippen LogP contribution in [-0.2, 0) is 30.0 Å². The molecule has 0 unspecified atom stereocenters. The minimum atomic E-state index is -3.38. The Morgan fingerprint density at radius 1 is 1.31 bits per heavy atom. The van der Waals surface area contributed by atoms with Crippen molar-refractivity contribution >= 4 is 21.7 Å². The van der Waals surface area contributed by atoms with E-state index in [2.05, 4.69) is 25.7 Å². The van der Waals surface area contributed by atoms with E-state index in [0.717, 1.165) is 23.5 Å². The first-order valence-electron chi connectivity index (χ1n) is 8.37. The highest BCUT2D eigenvalue weighted by molar-refractivity contribution is 7.92. The third-order valence-corrected chi connectivity index (χ3v) is 6.05. The Labute approximate surface area is 153 Å². The van der Waals surface area contributed by atoms with Crippen molar-refractivity contribution in [3.8, 4) is 0 Å². The molecule has 2 N–H and O–H groups in total. The van der Waals surface area contributed by atoms with E-state index in [4.69, 9.17) is 0 Å². The van der Waals surface area contributed by atoms with E-state index in [0.29, 0.717) is 19.0 Å². The normalized spacial score (nSPS) is 14.4. The number of aromatic nitrogens is 3. The van der Waals surface area contributed by atoms with Crippen molar-refractivity contribution in [2.45, 2.75) is 13.0 Å². The SMILES string of the molecule is CN=C(NCCS(=O)(=O)N1CCc2ccccc21)NCc1ncnn1C. The first-order chi connectivity index (χ1) is 12.5. The van der Waals surface area contributed by atoms with Gasteiger partial charge in [-0.05, 0) is 18.1 Å². The highest BCUT2D eigenvalue weighted by Crippen LogP contribution is 2.29. The molecule has 2 aromatic rings. The monoisotopic (exact) mass is 377 g/mol. The van der Waals surface area contributed by atoms with Crippen molar-refractivity contribution in [1.82, 2.24) is 25.4 Å². The van der Waals surface area contributed by atoms with Gasteiger partial charge >= 0.3 is 0 Å². The lowest BCUT2D eigenvalue weighted by atomic mass is 10.2. The average Bonchev–Trinajstić information content (AvgIpc) is 3.24. The van der Waals surface area contributed by atoms with E-state index >= 15 is 0 Å². The lowest BCUT2D eigenvalue weighted by molar-refractivity contribution is 0.590. The van der Waals surface area contributed by atoms with Crippen LogP contribution in [0.3, 0.4) is 0 Å². The van der Waals surface area contributed by atoms with Crippen molar-refractivity contribution in [3.63, 3.8) is 0 Å². The minimum absolute atomic E-state index is 0.00794. The van der Waals surface area contributed by atoms with Crippen LogP contribution in [0.5, 0.6) is 0 Å². The molecule has 3 rings (SSSR count). The molecule has 10 heteroatoms. The molecule has 0 bridgehead atoms. The second-order valence-electron chi connectivity index (χ2n) is 5.92. The molecule has 26 heavy (non-hydrogen) atoms. The largest absolute Gasteiger partial charge is 0.355 e. The molecule has 2 heterocycles. The Balaban J connectivity index is 1.52. The number of hydrogen-bond acceptors (Lipinski definition) is 5. The predicted molar refractivity (Wildman–Crippen MR) is 100 cm³/mol. The molecule has 1 aliphatic heterocycles. The van der Waals surface area contributed by atoms with Gasteiger partial charge in [0.1, 0.15) is 12.2 Å². The smallest absolute Gasteiger partial charge is 0.236 e. The van der Waals surface area contributed by atoms with E-state index < -0.39 is 10.0 Å². The molecule has 0 amide bonds. The molecular formula is C16H23N7O2S. The summed E-state index contributed by atoms with van der Waals surface area (Å²) in [5, 5.41) is 10.1. The molecular weight excluding hydrogens is 354 g/mol. The van der Waals surface area contributed by atoms with Crippen LogP contribution in [0.1, 0.15) is 11.4 Å². The number of nitrogens with zero attached hydrogens (tertiary/aromatic N) is 5. The van der Waals surface area contributed by atoms with Crippen molar-refractivity contribution in [2.75, 3.05) is 30.2 Å². The zero-order valence-electron chi connectivity index (χ0n) is 14.9. The van der Waals surface area contributed by atoms with Crippen LogP contribution in [0.25, 0.3) is 0 Å². The number of aryl methyl sites for hydroxylation is 1. The summed E-state index contributed by atoms with van der Waals surface area (Å²) in [7, 11) is 0.0618. The first kappa shape index (κ1) is 18.2. The fourth-order valence-electron chi connectivity index (χ4n) is 2.87. The molecule has 0 saturated heterocycles. The summed E-state index contributed by atoms with van der Waals surface area (Å²) in [5.41, 5.74) is 1.86. The minimum Gasteiger partial charge on any atom is -0.355 e. The summed E-state index contributed by atoms with van der Waals surface area (Å²) in [5.74, 6) is 1.27. The lowest BCUT2D eigenvalue weighted by Crippen LogP contribution is -2.42. The highest BCUT2D eigenvalue weighted by atomic mass is 32.2. The van der Waals surface area contributed by atoms with Crippen molar-refractivity contribution < 1.29 is 8.42 Å². The van der Waals surface area contributed by atoms with E-state index in [1.54, 1.807) is 18.8 Å². The van der Waals surface area contributed by atoms with Crippen molar-refractivity contribution in [3.05, 3.63) is 42.0 Å². The van der Waals surface area contributed by atoms with Crippen LogP contribution in [0.15, 0.2) is 35.6 Å². The topological polar surface area (TPSA) is 105 Å². The summed E-state index contributed by atoms with van der Waals surface area (Å²) in [6.07, 6.45) is 2.23. The van der Waals surface area contributed by atoms with Crippen LogP contribution in [0.4, 0.5) is 5.69 Å². The molecule has 0 spiro atoms. The Morgan fingerprint density at radius 3 is 2.85 bits per heavy atom. The molecule has 1 aromatic carbocycles. The van der Waals surface area contributed by atoms with E-state index in [1.807, 2.05) is 24.3 Å². The number of rotatable bonds is 6. The van der Waals surface area contributed by atoms with Gasteiger partial charge < -0.3 is 10.6 Å². The Morgan fingerprint density at radius 2 is 2.12 bits per heavy atom. The Kier molecular flexibility index (Phi) is 5.40. The maximum Gasteiger partial charge on any atom is 0.236 e. The lowest BCUT2D eigenvalue weighted by Gasteiger charge is -2.20. The maximum atomic E-state index is 12.7. The predicted octanol–water partition coefficient (Wildman–Crippen LogP) is -0.127. The van der Waals surface area contributed by atoms with Crippen LogP contribution in [0, 0.1) is 0 Å². The molecule has 0 saturated carbocycles. The zero-order valence-corrected chi connectivity index (χ0v) is 15.7. The molecule has 0 radical (unpaired) electrons. The van der Waals surface area contributed by atoms with Gasteiger partial charge in [-0.2, -0.15) is 5.10 Å². The second kappa shape index (κ2) is 7.73. The fraction of sp³-hybridized carbons (Fsp3) is 0.438. The van der Waals surface area contributed by atoms with Crippen LogP contribution in [0.2, 0.25) is 0 Å². The third-order valence-electron chi connectivity index (χ3n) is 4.28. The van der Waals surface area contributed by atoms with Gasteiger partial charge in [-0.15, -0.1) is 0 Å². The number of sulfonamides is 1. The maximum absolute atomic E-state index is 12.7. The summed E-state index contributed by atoms with van der Waals surface area (Å²) in [4.78, 5) is 8.22. The summed E-state index contributed by atoms with van der Waals surface area (Å²) in [6.45, 7) is 1.21. The summed E-state index contributed by atoms with van der Waals surface area (Å²) >= 11 is 0. The van der Waals surface area contributed by atoms with Crippen molar-refractivity contribution in [2.24, 2.45) is 12.0 Å². The van der Waals surface area contributed by atoms with Gasteiger partial charge in [-0.1, -0.05) is 18.2 Å². The van der Waals surface area contributed by atoms with Crippen molar-refractivity contribution in [1.29, 1.82) is 0 Å². The average molecular weight is 377 g/mol. The molecule has 0 atom stereocenters. The van der Waals surface area contributed by atoms with Crippen LogP contribution < -0.4 is 14.9 Å². The number of anilines is 1. The number of nitrogens with one attached hydrogen (secondary N) is 2. The van der Waals surface area contributed by atoms with Crippen LogP contribution in [-0.4, -0.2) is 55.0 Å². The number of hydrogen-bond donors (Lipinski definition) is 2. The number of fused-ring (bicyclic) bond motifs is 1. The molecule has 1 aliphatic rings. The van der Waals surface area contributed by atoms with Gasteiger partial charge in [0.2, 0.25) is 10.0 Å². The van der Waals surface area contributed by atoms with E-state index in [-0.39, 0.29) is 12.3 Å². The zero-order chi connectivity index (χ0) is 18.6. The number of benzene rings is 1. The van der Waals surface area contributed by atoms with Gasteiger partial charge in [0.25, 0.3) is 0 Å². The van der Waals surface area contributed by atoms with Crippen LogP contribution >= 0.6 is 0 Å². The van der Waals surface area contributed by atoms with E-state index in [1.165, 1.54) is 10.6 Å². The van der Waals surface area contributed by atoms with Gasteiger partial charge in [0.15, 0.2) is 5.96 Å². The molecule has 1 aromatic heterocycles. The number of aliphatic imine (C=N–C) groups is 1. The first-order valence-corrected chi connectivity index (χ1v) is 9.98. The highest BCUT2D eigenvalue weighted by Gasteiger charge is 2.28. The summed E-state index contributed by atoms with van der Waals surface area (Å²) in [6, 6.07) is 7.63. The van der Waals surface area contributed by atoms with Gasteiger partial charge in [0.05, 0.1) is 18.0 Å². The Hall–Kier alpha value is -2.62. The van der Waals surface area contributed by atoms with Gasteiger partial charge in [-0.3, -0.25) is 14.0 Å². The molecule has 9 nitrogen and oxygen atoms in total. The quantitative estimate of drug-likeness (QED) is 0.537. The number of para-hydroxylation sites is 1. The van der Waals surface area contributed by atoms with Gasteiger partial charge in [0, 0.05) is 27.2 Å². The van der Waals surface area contributed by atoms with E-state index in [9.17, 15) is 8.42 Å².